The monoisotopic (exact) mass is 330 g/mol. The molecule has 0 bridgehead atoms. The fraction of sp³-hybridized carbons (Fsp3) is 0.0667. The summed E-state index contributed by atoms with van der Waals surface area (Å²) in [5.74, 6) is -0.290. The van der Waals surface area contributed by atoms with E-state index in [-0.39, 0.29) is 10.6 Å². The topological polar surface area (TPSA) is 97.1 Å². The first-order valence-electron chi connectivity index (χ1n) is 6.73. The largest absolute Gasteiger partial charge is 0.507 e. The number of phenolic OH excluding ortho intramolecular Hbond substituents is 1. The molecule has 0 aliphatic heterocycles. The molecule has 1 aromatic heterocycles. The second-order valence-corrected chi connectivity index (χ2v) is 6.61. The Morgan fingerprint density at radius 2 is 1.87 bits per heavy atom. The number of nitrogens with zero attached hydrogens (tertiary/aromatic N) is 3. The van der Waals surface area contributed by atoms with Crippen LogP contribution in [-0.4, -0.2) is 28.3 Å². The zero-order chi connectivity index (χ0) is 16.4. The van der Waals surface area contributed by atoms with Crippen molar-refractivity contribution in [2.45, 2.75) is 11.8 Å². The lowest BCUT2D eigenvalue weighted by molar-refractivity contribution is 0.459. The molecule has 0 atom stereocenters. The summed E-state index contributed by atoms with van der Waals surface area (Å²) < 4.78 is 28.8. The lowest BCUT2D eigenvalue weighted by Gasteiger charge is -2.10. The highest BCUT2D eigenvalue weighted by Gasteiger charge is 2.18. The maximum atomic E-state index is 12.4. The van der Waals surface area contributed by atoms with Crippen LogP contribution in [0.3, 0.4) is 0 Å². The van der Waals surface area contributed by atoms with Crippen molar-refractivity contribution in [2.75, 3.05) is 4.72 Å². The lowest BCUT2D eigenvalue weighted by Crippen LogP contribution is -2.13. The highest BCUT2D eigenvalue weighted by molar-refractivity contribution is 7.92. The maximum absolute atomic E-state index is 12.4. The second kappa shape index (κ2) is 5.73. The minimum Gasteiger partial charge on any atom is -0.507 e. The van der Waals surface area contributed by atoms with E-state index in [1.807, 2.05) is 0 Å². The van der Waals surface area contributed by atoms with Crippen molar-refractivity contribution < 1.29 is 13.5 Å². The van der Waals surface area contributed by atoms with Crippen LogP contribution >= 0.6 is 0 Å². The zero-order valence-corrected chi connectivity index (χ0v) is 13.0. The number of aromatic nitrogens is 3. The summed E-state index contributed by atoms with van der Waals surface area (Å²) in [6.07, 6.45) is 2.96. The molecule has 0 saturated carbocycles. The number of aromatic hydroxyl groups is 1. The van der Waals surface area contributed by atoms with Gasteiger partial charge >= 0.3 is 0 Å². The molecule has 1 heterocycles. The van der Waals surface area contributed by atoms with Gasteiger partial charge in [-0.3, -0.25) is 4.72 Å². The van der Waals surface area contributed by atoms with Gasteiger partial charge in [0.2, 0.25) is 0 Å². The molecule has 3 rings (SSSR count). The van der Waals surface area contributed by atoms with Gasteiger partial charge in [-0.2, -0.15) is 5.10 Å². The van der Waals surface area contributed by atoms with Crippen molar-refractivity contribution >= 4 is 15.7 Å². The summed E-state index contributed by atoms with van der Waals surface area (Å²) in [4.78, 5) is 3.70. The summed E-state index contributed by atoms with van der Waals surface area (Å²) in [5, 5.41) is 13.8. The number of sulfonamides is 1. The molecular weight excluding hydrogens is 316 g/mol. The van der Waals surface area contributed by atoms with Crippen LogP contribution in [0.25, 0.3) is 5.69 Å². The predicted molar refractivity (Wildman–Crippen MR) is 85.0 cm³/mol. The zero-order valence-electron chi connectivity index (χ0n) is 12.2. The Morgan fingerprint density at radius 3 is 2.52 bits per heavy atom. The summed E-state index contributed by atoms with van der Waals surface area (Å²) >= 11 is 0. The number of phenols is 1. The smallest absolute Gasteiger partial charge is 0.265 e. The number of hydrogen-bond acceptors (Lipinski definition) is 5. The minimum absolute atomic E-state index is 0.155. The summed E-state index contributed by atoms with van der Waals surface area (Å²) in [5.41, 5.74) is 1.88. The van der Waals surface area contributed by atoms with Crippen LogP contribution < -0.4 is 4.72 Å². The Balaban J connectivity index is 1.87. The first kappa shape index (κ1) is 15.0. The van der Waals surface area contributed by atoms with Gasteiger partial charge in [0.15, 0.2) is 0 Å². The van der Waals surface area contributed by atoms with E-state index in [1.165, 1.54) is 18.5 Å². The molecule has 23 heavy (non-hydrogen) atoms. The van der Waals surface area contributed by atoms with Crippen LogP contribution in [0.15, 0.2) is 60.0 Å². The molecule has 0 spiro atoms. The minimum atomic E-state index is -3.87. The fourth-order valence-corrected chi connectivity index (χ4v) is 3.31. The van der Waals surface area contributed by atoms with Crippen molar-refractivity contribution in [3.05, 3.63) is 60.7 Å². The molecular formula is C15H14N4O3S. The summed E-state index contributed by atoms with van der Waals surface area (Å²) in [7, 11) is -3.87. The lowest BCUT2D eigenvalue weighted by atomic mass is 10.2. The number of benzene rings is 2. The molecule has 8 heteroatoms. The number of nitrogens with one attached hydrogen (secondary N) is 1. The average Bonchev–Trinajstić information content (AvgIpc) is 3.04. The fourth-order valence-electron chi connectivity index (χ4n) is 2.07. The van der Waals surface area contributed by atoms with E-state index < -0.39 is 10.0 Å². The molecule has 0 unspecified atom stereocenters. The van der Waals surface area contributed by atoms with Gasteiger partial charge < -0.3 is 5.11 Å². The Morgan fingerprint density at radius 1 is 1.13 bits per heavy atom. The Hall–Kier alpha value is -2.87. The van der Waals surface area contributed by atoms with E-state index in [2.05, 4.69) is 14.8 Å². The van der Waals surface area contributed by atoms with Gasteiger partial charge in [-0.25, -0.2) is 18.1 Å². The standard InChI is InChI=1S/C15H14N4O3S/c1-11-2-7-14(20)15(8-11)23(21,22)18-12-3-5-13(6-4-12)19-10-16-9-17-19/h2-10,18,20H,1H3. The summed E-state index contributed by atoms with van der Waals surface area (Å²) in [6.45, 7) is 1.76. The van der Waals surface area contributed by atoms with Crippen molar-refractivity contribution in [1.29, 1.82) is 0 Å². The van der Waals surface area contributed by atoms with Gasteiger partial charge in [0.05, 0.1) is 5.69 Å². The number of rotatable bonds is 4. The molecule has 3 aromatic rings. The SMILES string of the molecule is Cc1ccc(O)c(S(=O)(=O)Nc2ccc(-n3cncn3)cc2)c1. The molecule has 2 aromatic carbocycles. The van der Waals surface area contributed by atoms with Crippen LogP contribution in [0.1, 0.15) is 5.56 Å². The highest BCUT2D eigenvalue weighted by atomic mass is 32.2. The second-order valence-electron chi connectivity index (χ2n) is 4.96. The van der Waals surface area contributed by atoms with Crippen molar-refractivity contribution in [1.82, 2.24) is 14.8 Å². The first-order valence-corrected chi connectivity index (χ1v) is 8.21. The van der Waals surface area contributed by atoms with Gasteiger partial charge in [0.1, 0.15) is 23.3 Å². The normalized spacial score (nSPS) is 11.3. The van der Waals surface area contributed by atoms with Gasteiger partial charge in [-0.05, 0) is 48.9 Å². The molecule has 0 aliphatic rings. The predicted octanol–water partition coefficient (Wildman–Crippen LogP) is 2.08. The van der Waals surface area contributed by atoms with E-state index in [0.29, 0.717) is 5.69 Å². The Bertz CT molecular complexity index is 920. The van der Waals surface area contributed by atoms with E-state index in [1.54, 1.807) is 48.3 Å². The molecule has 0 fully saturated rings. The van der Waals surface area contributed by atoms with Crippen molar-refractivity contribution in [3.63, 3.8) is 0 Å². The molecule has 0 radical (unpaired) electrons. The van der Waals surface area contributed by atoms with Crippen molar-refractivity contribution in [3.8, 4) is 11.4 Å². The van der Waals surface area contributed by atoms with Crippen LogP contribution in [0.5, 0.6) is 5.75 Å². The Labute approximate surface area is 133 Å². The third-order valence-electron chi connectivity index (χ3n) is 3.21. The Kier molecular flexibility index (Phi) is 3.75. The van der Waals surface area contributed by atoms with Crippen LogP contribution in [-0.2, 0) is 10.0 Å². The highest BCUT2D eigenvalue weighted by Crippen LogP contribution is 2.26. The quantitative estimate of drug-likeness (QED) is 0.763. The van der Waals surface area contributed by atoms with Gasteiger partial charge in [0.25, 0.3) is 10.0 Å². The van der Waals surface area contributed by atoms with Gasteiger partial charge in [-0.15, -0.1) is 0 Å². The van der Waals surface area contributed by atoms with Crippen LogP contribution in [0.2, 0.25) is 0 Å². The number of anilines is 1. The van der Waals surface area contributed by atoms with E-state index >= 15 is 0 Å². The van der Waals surface area contributed by atoms with E-state index in [0.717, 1.165) is 11.3 Å². The number of aryl methyl sites for hydroxylation is 1. The third kappa shape index (κ3) is 3.16. The van der Waals surface area contributed by atoms with E-state index in [4.69, 9.17) is 0 Å². The first-order chi connectivity index (χ1) is 11.0. The molecule has 7 nitrogen and oxygen atoms in total. The maximum Gasteiger partial charge on any atom is 0.265 e. The number of hydrogen-bond donors (Lipinski definition) is 2. The van der Waals surface area contributed by atoms with Gasteiger partial charge in [-0.1, -0.05) is 6.07 Å². The third-order valence-corrected chi connectivity index (χ3v) is 4.62. The molecule has 0 saturated heterocycles. The molecule has 118 valence electrons. The molecule has 0 amide bonds. The van der Waals surface area contributed by atoms with Crippen LogP contribution in [0, 0.1) is 6.92 Å². The average molecular weight is 330 g/mol. The van der Waals surface area contributed by atoms with Gasteiger partial charge in [0, 0.05) is 5.69 Å². The van der Waals surface area contributed by atoms with Crippen LogP contribution in [0.4, 0.5) is 5.69 Å². The van der Waals surface area contributed by atoms with E-state index in [9.17, 15) is 13.5 Å². The molecule has 2 N–H and O–H groups in total. The molecule has 0 aliphatic carbocycles. The summed E-state index contributed by atoms with van der Waals surface area (Å²) in [6, 6.07) is 11.1. The van der Waals surface area contributed by atoms with Crippen molar-refractivity contribution in [2.24, 2.45) is 0 Å².